The lowest BCUT2D eigenvalue weighted by Gasteiger charge is -2.15. The van der Waals surface area contributed by atoms with E-state index < -0.39 is 0 Å². The molecule has 3 aromatic rings. The molecule has 1 aromatic carbocycles. The van der Waals surface area contributed by atoms with Gasteiger partial charge in [0.15, 0.2) is 4.96 Å². The van der Waals surface area contributed by atoms with Crippen molar-refractivity contribution in [2.24, 2.45) is 0 Å². The second kappa shape index (κ2) is 7.00. The topological polar surface area (TPSA) is 46.4 Å². The molecule has 5 heteroatoms. The van der Waals surface area contributed by atoms with Gasteiger partial charge in [0.05, 0.1) is 5.69 Å². The third-order valence-electron chi connectivity index (χ3n) is 4.98. The minimum Gasteiger partial charge on any atom is -0.348 e. The summed E-state index contributed by atoms with van der Waals surface area (Å²) in [5.41, 5.74) is 3.91. The average Bonchev–Trinajstić information content (AvgIpc) is 3.09. The fraction of sp³-hybridized carbons (Fsp3) is 0.400. The van der Waals surface area contributed by atoms with Crippen LogP contribution in [0.4, 0.5) is 0 Å². The summed E-state index contributed by atoms with van der Waals surface area (Å²) in [4.78, 5) is 18.3. The first-order valence-electron chi connectivity index (χ1n) is 9.05. The van der Waals surface area contributed by atoms with Crippen molar-refractivity contribution in [3.05, 3.63) is 47.1 Å². The molecule has 1 amide bonds. The number of nitrogens with zero attached hydrogens (tertiary/aromatic N) is 2. The molecule has 0 aliphatic heterocycles. The van der Waals surface area contributed by atoms with Crippen LogP contribution in [-0.2, 0) is 0 Å². The monoisotopic (exact) mass is 353 g/mol. The first-order valence-corrected chi connectivity index (χ1v) is 9.93. The third kappa shape index (κ3) is 3.47. The standard InChI is InChI=1S/C20H23N3OS/c1-14-8-10-15(11-9-14)17-12-23-18(13-25-20(23)22-17)19(24)21-16-6-4-2-3-5-7-16/h8-13,16H,2-7H2,1H3,(H,21,24). The van der Waals surface area contributed by atoms with Crippen molar-refractivity contribution >= 4 is 22.2 Å². The van der Waals surface area contributed by atoms with Gasteiger partial charge in [0.1, 0.15) is 5.69 Å². The van der Waals surface area contributed by atoms with Gasteiger partial charge in [-0.25, -0.2) is 4.98 Å². The van der Waals surface area contributed by atoms with Gasteiger partial charge in [-0.15, -0.1) is 11.3 Å². The molecule has 2 heterocycles. The fourth-order valence-corrected chi connectivity index (χ4v) is 4.35. The molecule has 1 N–H and O–H groups in total. The number of thiazole rings is 1. The molecular weight excluding hydrogens is 330 g/mol. The van der Waals surface area contributed by atoms with Gasteiger partial charge in [-0.2, -0.15) is 0 Å². The van der Waals surface area contributed by atoms with Gasteiger partial charge in [0, 0.05) is 23.2 Å². The summed E-state index contributed by atoms with van der Waals surface area (Å²) in [5, 5.41) is 5.14. The maximum atomic E-state index is 12.7. The number of fused-ring (bicyclic) bond motifs is 1. The molecule has 4 rings (SSSR count). The van der Waals surface area contributed by atoms with E-state index in [4.69, 9.17) is 0 Å². The highest BCUT2D eigenvalue weighted by Gasteiger charge is 2.19. The van der Waals surface area contributed by atoms with E-state index in [0.717, 1.165) is 29.1 Å². The number of imidazole rings is 1. The highest BCUT2D eigenvalue weighted by molar-refractivity contribution is 7.15. The van der Waals surface area contributed by atoms with Crippen LogP contribution in [0.5, 0.6) is 0 Å². The van der Waals surface area contributed by atoms with E-state index in [1.54, 1.807) is 0 Å². The number of benzene rings is 1. The van der Waals surface area contributed by atoms with Crippen LogP contribution in [0.3, 0.4) is 0 Å². The van der Waals surface area contributed by atoms with Crippen LogP contribution >= 0.6 is 11.3 Å². The Labute approximate surface area is 151 Å². The summed E-state index contributed by atoms with van der Waals surface area (Å²) in [5.74, 6) is 0.0195. The van der Waals surface area contributed by atoms with Gasteiger partial charge in [-0.1, -0.05) is 55.5 Å². The first-order chi connectivity index (χ1) is 12.2. The highest BCUT2D eigenvalue weighted by atomic mass is 32.1. The molecule has 1 aliphatic carbocycles. The van der Waals surface area contributed by atoms with Crippen LogP contribution in [0.25, 0.3) is 16.2 Å². The molecule has 4 nitrogen and oxygen atoms in total. The Bertz CT molecular complexity index is 870. The number of aromatic nitrogens is 2. The molecule has 0 radical (unpaired) electrons. The number of rotatable bonds is 3. The predicted octanol–water partition coefficient (Wildman–Crippen LogP) is 4.82. The number of aryl methyl sites for hydroxylation is 1. The Hall–Kier alpha value is -2.14. The first kappa shape index (κ1) is 16.3. The summed E-state index contributed by atoms with van der Waals surface area (Å²) in [6.07, 6.45) is 9.17. The number of hydrogen-bond donors (Lipinski definition) is 1. The fourth-order valence-electron chi connectivity index (χ4n) is 3.49. The van der Waals surface area contributed by atoms with E-state index in [1.165, 1.54) is 42.6 Å². The Morgan fingerprint density at radius 3 is 2.60 bits per heavy atom. The number of carbonyl (C=O) groups excluding carboxylic acids is 1. The van der Waals surface area contributed by atoms with Crippen LogP contribution in [0.2, 0.25) is 0 Å². The van der Waals surface area contributed by atoms with Crippen molar-refractivity contribution in [3.63, 3.8) is 0 Å². The Morgan fingerprint density at radius 1 is 1.16 bits per heavy atom. The zero-order chi connectivity index (χ0) is 17.2. The van der Waals surface area contributed by atoms with Crippen LogP contribution in [-0.4, -0.2) is 21.3 Å². The van der Waals surface area contributed by atoms with Gasteiger partial charge in [-0.3, -0.25) is 9.20 Å². The normalized spacial score (nSPS) is 16.0. The molecule has 1 aliphatic rings. The maximum absolute atomic E-state index is 12.7. The molecule has 0 atom stereocenters. The van der Waals surface area contributed by atoms with Gasteiger partial charge >= 0.3 is 0 Å². The van der Waals surface area contributed by atoms with E-state index >= 15 is 0 Å². The number of hydrogen-bond acceptors (Lipinski definition) is 3. The van der Waals surface area contributed by atoms with Gasteiger partial charge < -0.3 is 5.32 Å². The van der Waals surface area contributed by atoms with Gasteiger partial charge in [0.25, 0.3) is 5.91 Å². The third-order valence-corrected chi connectivity index (χ3v) is 5.82. The van der Waals surface area contributed by atoms with Crippen molar-refractivity contribution in [1.82, 2.24) is 14.7 Å². The number of carbonyl (C=O) groups is 1. The number of nitrogens with one attached hydrogen (secondary N) is 1. The summed E-state index contributed by atoms with van der Waals surface area (Å²) in [7, 11) is 0. The Kier molecular flexibility index (Phi) is 4.57. The van der Waals surface area contributed by atoms with E-state index in [9.17, 15) is 4.79 Å². The number of amides is 1. The minimum absolute atomic E-state index is 0.0195. The van der Waals surface area contributed by atoms with E-state index in [1.807, 2.05) is 16.0 Å². The Balaban J connectivity index is 1.57. The largest absolute Gasteiger partial charge is 0.348 e. The summed E-state index contributed by atoms with van der Waals surface area (Å²) >= 11 is 1.52. The summed E-state index contributed by atoms with van der Waals surface area (Å²) in [6, 6.07) is 8.63. The van der Waals surface area contributed by atoms with Crippen LogP contribution < -0.4 is 5.32 Å². The van der Waals surface area contributed by atoms with Gasteiger partial charge in [-0.05, 0) is 19.8 Å². The predicted molar refractivity (Wildman–Crippen MR) is 102 cm³/mol. The smallest absolute Gasteiger partial charge is 0.269 e. The van der Waals surface area contributed by atoms with Crippen molar-refractivity contribution in [2.75, 3.05) is 0 Å². The van der Waals surface area contributed by atoms with Crippen molar-refractivity contribution in [3.8, 4) is 11.3 Å². The summed E-state index contributed by atoms with van der Waals surface area (Å²) in [6.45, 7) is 2.07. The lowest BCUT2D eigenvalue weighted by molar-refractivity contribution is 0.0927. The molecule has 2 aromatic heterocycles. The highest BCUT2D eigenvalue weighted by Crippen LogP contribution is 2.24. The Morgan fingerprint density at radius 2 is 1.88 bits per heavy atom. The SMILES string of the molecule is Cc1ccc(-c2cn3c(C(=O)NC4CCCCCC4)csc3n2)cc1. The molecule has 0 spiro atoms. The lowest BCUT2D eigenvalue weighted by Crippen LogP contribution is -2.34. The quantitative estimate of drug-likeness (QED) is 0.686. The lowest BCUT2D eigenvalue weighted by atomic mass is 10.1. The molecular formula is C20H23N3OS. The van der Waals surface area contributed by atoms with Crippen molar-refractivity contribution in [1.29, 1.82) is 0 Å². The molecule has 0 bridgehead atoms. The van der Waals surface area contributed by atoms with Crippen LogP contribution in [0.1, 0.15) is 54.6 Å². The molecule has 1 saturated carbocycles. The summed E-state index contributed by atoms with van der Waals surface area (Å²) < 4.78 is 1.92. The maximum Gasteiger partial charge on any atom is 0.269 e. The molecule has 130 valence electrons. The second-order valence-corrected chi connectivity index (χ2v) is 7.76. The second-order valence-electron chi connectivity index (χ2n) is 6.93. The van der Waals surface area contributed by atoms with E-state index in [2.05, 4.69) is 41.5 Å². The van der Waals surface area contributed by atoms with Crippen molar-refractivity contribution < 1.29 is 4.79 Å². The zero-order valence-electron chi connectivity index (χ0n) is 14.5. The van der Waals surface area contributed by atoms with Crippen molar-refractivity contribution in [2.45, 2.75) is 51.5 Å². The molecule has 0 saturated heterocycles. The van der Waals surface area contributed by atoms with Crippen LogP contribution in [0, 0.1) is 6.92 Å². The zero-order valence-corrected chi connectivity index (χ0v) is 15.3. The van der Waals surface area contributed by atoms with Gasteiger partial charge in [0.2, 0.25) is 0 Å². The molecule has 1 fully saturated rings. The molecule has 0 unspecified atom stereocenters. The van der Waals surface area contributed by atoms with E-state index in [0.29, 0.717) is 11.7 Å². The minimum atomic E-state index is 0.0195. The van der Waals surface area contributed by atoms with E-state index in [-0.39, 0.29) is 5.91 Å². The molecule has 25 heavy (non-hydrogen) atoms. The average molecular weight is 353 g/mol. The van der Waals surface area contributed by atoms with Crippen LogP contribution in [0.15, 0.2) is 35.8 Å².